The van der Waals surface area contributed by atoms with Gasteiger partial charge in [-0.3, -0.25) is 9.59 Å². The molecule has 0 fully saturated rings. The summed E-state index contributed by atoms with van der Waals surface area (Å²) in [6.45, 7) is 1.45. The number of rotatable bonds is 4. The number of para-hydroxylation sites is 1. The zero-order valence-electron chi connectivity index (χ0n) is 13.0. The van der Waals surface area contributed by atoms with Crippen molar-refractivity contribution in [2.75, 3.05) is 0 Å². The predicted octanol–water partition coefficient (Wildman–Crippen LogP) is 4.26. The lowest BCUT2D eigenvalue weighted by Crippen LogP contribution is -2.17. The van der Waals surface area contributed by atoms with E-state index in [-0.39, 0.29) is 23.2 Å². The molecule has 1 aromatic heterocycles. The van der Waals surface area contributed by atoms with E-state index < -0.39 is 11.9 Å². The lowest BCUT2D eigenvalue weighted by Gasteiger charge is -2.17. The number of halogens is 1. The Morgan fingerprint density at radius 3 is 2.50 bits per heavy atom. The van der Waals surface area contributed by atoms with Crippen molar-refractivity contribution in [2.24, 2.45) is 0 Å². The average Bonchev–Trinajstić information content (AvgIpc) is 2.54. The van der Waals surface area contributed by atoms with Gasteiger partial charge >= 0.3 is 0 Å². The van der Waals surface area contributed by atoms with Crippen molar-refractivity contribution < 1.29 is 14.3 Å². The molecule has 0 aliphatic carbocycles. The van der Waals surface area contributed by atoms with Crippen LogP contribution >= 0.6 is 11.6 Å². The number of benzene rings is 2. The molecule has 5 heteroatoms. The Kier molecular flexibility index (Phi) is 4.40. The summed E-state index contributed by atoms with van der Waals surface area (Å²) in [5.74, 6) is -1.15. The first-order valence-corrected chi connectivity index (χ1v) is 7.84. The number of fused-ring (bicyclic) bond motifs is 1. The molecule has 0 aliphatic rings. The summed E-state index contributed by atoms with van der Waals surface area (Å²) < 4.78 is 5.40. The number of Topliss-reactive ketones (excluding diaryl/α,β-unsaturated/α-hetero) is 1. The molecular formula is C19H15ClO4. The highest BCUT2D eigenvalue weighted by Gasteiger charge is 2.25. The van der Waals surface area contributed by atoms with E-state index in [0.717, 1.165) is 0 Å². The molecule has 3 rings (SSSR count). The zero-order chi connectivity index (χ0) is 17.3. The highest BCUT2D eigenvalue weighted by atomic mass is 35.5. The van der Waals surface area contributed by atoms with Gasteiger partial charge in [0.2, 0.25) is 5.43 Å². The van der Waals surface area contributed by atoms with Gasteiger partial charge in [0.25, 0.3) is 5.95 Å². The Bertz CT molecular complexity index is 957. The van der Waals surface area contributed by atoms with E-state index in [2.05, 4.69) is 0 Å². The van der Waals surface area contributed by atoms with Crippen LogP contribution in [0.1, 0.15) is 30.4 Å². The largest absolute Gasteiger partial charge is 0.480 e. The van der Waals surface area contributed by atoms with E-state index in [1.165, 1.54) is 6.92 Å². The molecule has 0 bridgehead atoms. The molecule has 3 aromatic rings. The molecule has 0 radical (unpaired) electrons. The van der Waals surface area contributed by atoms with Crippen LogP contribution < -0.4 is 5.43 Å². The van der Waals surface area contributed by atoms with E-state index in [1.807, 2.05) is 0 Å². The molecule has 4 nitrogen and oxygen atoms in total. The summed E-state index contributed by atoms with van der Waals surface area (Å²) in [7, 11) is 0. The van der Waals surface area contributed by atoms with E-state index in [0.29, 0.717) is 21.6 Å². The molecule has 0 spiro atoms. The minimum Gasteiger partial charge on any atom is -0.480 e. The number of hydrogen-bond acceptors (Lipinski definition) is 4. The first-order chi connectivity index (χ1) is 11.5. The Morgan fingerprint density at radius 1 is 1.17 bits per heavy atom. The van der Waals surface area contributed by atoms with Crippen molar-refractivity contribution in [3.63, 3.8) is 0 Å². The normalized spacial score (nSPS) is 12.2. The van der Waals surface area contributed by atoms with Gasteiger partial charge in [-0.25, -0.2) is 0 Å². The SMILES string of the molecule is CC(=O)CC(c1ccc(Cl)cc1)c1c(O)oc2ccccc2c1=O. The van der Waals surface area contributed by atoms with Crippen LogP contribution in [-0.4, -0.2) is 10.9 Å². The van der Waals surface area contributed by atoms with Gasteiger partial charge in [-0.2, -0.15) is 0 Å². The third-order valence-electron chi connectivity index (χ3n) is 3.93. The van der Waals surface area contributed by atoms with Crippen LogP contribution in [0.5, 0.6) is 5.95 Å². The van der Waals surface area contributed by atoms with Crippen LogP contribution in [0.25, 0.3) is 11.0 Å². The molecule has 2 aromatic carbocycles. The predicted molar refractivity (Wildman–Crippen MR) is 92.7 cm³/mol. The van der Waals surface area contributed by atoms with E-state index in [9.17, 15) is 14.7 Å². The first kappa shape index (κ1) is 16.3. The maximum Gasteiger partial charge on any atom is 0.290 e. The first-order valence-electron chi connectivity index (χ1n) is 7.47. The summed E-state index contributed by atoms with van der Waals surface area (Å²) in [4.78, 5) is 24.6. The fraction of sp³-hybridized carbons (Fsp3) is 0.158. The summed E-state index contributed by atoms with van der Waals surface area (Å²) in [6, 6.07) is 13.5. The van der Waals surface area contributed by atoms with E-state index >= 15 is 0 Å². The molecule has 0 amide bonds. The van der Waals surface area contributed by atoms with Crippen LogP contribution in [0.3, 0.4) is 0 Å². The van der Waals surface area contributed by atoms with Gasteiger partial charge in [0.05, 0.1) is 10.9 Å². The van der Waals surface area contributed by atoms with Gasteiger partial charge in [0, 0.05) is 17.4 Å². The van der Waals surface area contributed by atoms with Crippen molar-refractivity contribution in [1.29, 1.82) is 0 Å². The molecule has 122 valence electrons. The third kappa shape index (κ3) is 3.05. The minimum atomic E-state index is -0.597. The summed E-state index contributed by atoms with van der Waals surface area (Å²) in [6.07, 6.45) is 0.0816. The summed E-state index contributed by atoms with van der Waals surface area (Å²) in [5.41, 5.74) is 0.774. The fourth-order valence-corrected chi connectivity index (χ4v) is 2.95. The Morgan fingerprint density at radius 2 is 1.83 bits per heavy atom. The van der Waals surface area contributed by atoms with Crippen LogP contribution in [0, 0.1) is 0 Å². The number of hydrogen-bond donors (Lipinski definition) is 1. The summed E-state index contributed by atoms with van der Waals surface area (Å²) >= 11 is 5.91. The van der Waals surface area contributed by atoms with Crippen molar-refractivity contribution in [1.82, 2.24) is 0 Å². The monoisotopic (exact) mass is 342 g/mol. The maximum absolute atomic E-state index is 12.9. The van der Waals surface area contributed by atoms with Crippen molar-refractivity contribution in [2.45, 2.75) is 19.3 Å². The third-order valence-corrected chi connectivity index (χ3v) is 4.18. The number of carbonyl (C=O) groups excluding carboxylic acids is 1. The number of aromatic hydroxyl groups is 1. The second-order valence-corrected chi connectivity index (χ2v) is 6.09. The molecule has 1 N–H and O–H groups in total. The Hall–Kier alpha value is -2.59. The van der Waals surface area contributed by atoms with Gasteiger partial charge < -0.3 is 9.52 Å². The van der Waals surface area contributed by atoms with Gasteiger partial charge in [-0.05, 0) is 36.8 Å². The van der Waals surface area contributed by atoms with Gasteiger partial charge in [0.15, 0.2) is 0 Å². The quantitative estimate of drug-likeness (QED) is 0.769. The fourth-order valence-electron chi connectivity index (χ4n) is 2.82. The van der Waals surface area contributed by atoms with E-state index in [4.69, 9.17) is 16.0 Å². The van der Waals surface area contributed by atoms with Crippen molar-refractivity contribution in [3.05, 3.63) is 74.9 Å². The molecule has 1 atom stereocenters. The second-order valence-electron chi connectivity index (χ2n) is 5.66. The number of ketones is 1. The molecular weight excluding hydrogens is 328 g/mol. The highest BCUT2D eigenvalue weighted by molar-refractivity contribution is 6.30. The molecule has 0 saturated heterocycles. The zero-order valence-corrected chi connectivity index (χ0v) is 13.7. The second kappa shape index (κ2) is 6.49. The van der Waals surface area contributed by atoms with Gasteiger partial charge in [-0.1, -0.05) is 35.9 Å². The molecule has 24 heavy (non-hydrogen) atoms. The van der Waals surface area contributed by atoms with Gasteiger partial charge in [-0.15, -0.1) is 0 Å². The highest BCUT2D eigenvalue weighted by Crippen LogP contribution is 2.34. The minimum absolute atomic E-state index is 0.0816. The van der Waals surface area contributed by atoms with Crippen LogP contribution in [0.2, 0.25) is 5.02 Å². The Balaban J connectivity index is 2.24. The topological polar surface area (TPSA) is 67.5 Å². The van der Waals surface area contributed by atoms with Crippen molar-refractivity contribution in [3.8, 4) is 5.95 Å². The van der Waals surface area contributed by atoms with E-state index in [1.54, 1.807) is 48.5 Å². The summed E-state index contributed by atoms with van der Waals surface area (Å²) in [5, 5.41) is 11.2. The van der Waals surface area contributed by atoms with Crippen molar-refractivity contribution >= 4 is 28.4 Å². The maximum atomic E-state index is 12.9. The molecule has 0 aliphatic heterocycles. The lowest BCUT2D eigenvalue weighted by molar-refractivity contribution is -0.117. The molecule has 1 heterocycles. The Labute approximate surface area is 143 Å². The smallest absolute Gasteiger partial charge is 0.290 e. The standard InChI is InChI=1S/C19H15ClO4/c1-11(21)10-15(12-6-8-13(20)9-7-12)17-18(22)14-4-2-3-5-16(14)24-19(17)23/h2-9,15,23H,10H2,1H3. The van der Waals surface area contributed by atoms with Crippen LogP contribution in [0.15, 0.2) is 57.7 Å². The van der Waals surface area contributed by atoms with Crippen LogP contribution in [0.4, 0.5) is 0 Å². The van der Waals surface area contributed by atoms with Crippen LogP contribution in [-0.2, 0) is 4.79 Å². The lowest BCUT2D eigenvalue weighted by atomic mass is 9.87. The average molecular weight is 343 g/mol. The van der Waals surface area contributed by atoms with Gasteiger partial charge in [0.1, 0.15) is 11.4 Å². The molecule has 0 saturated carbocycles. The molecule has 1 unspecified atom stereocenters. The number of carbonyl (C=O) groups is 1.